The number of ketones is 1. The van der Waals surface area contributed by atoms with Gasteiger partial charge in [0.15, 0.2) is 16.9 Å². The van der Waals surface area contributed by atoms with Crippen LogP contribution in [-0.2, 0) is 20.1 Å². The number of fused-ring (bicyclic) bond motifs is 1. The highest BCUT2D eigenvalue weighted by molar-refractivity contribution is 5.96. The summed E-state index contributed by atoms with van der Waals surface area (Å²) in [5.74, 6) is 4.81. The van der Waals surface area contributed by atoms with Crippen LogP contribution in [0.2, 0.25) is 0 Å². The Labute approximate surface area is 209 Å². The van der Waals surface area contributed by atoms with E-state index in [9.17, 15) is 27.6 Å². The Morgan fingerprint density at radius 2 is 2.03 bits per heavy atom. The molecule has 0 bridgehead atoms. The quantitative estimate of drug-likeness (QED) is 0.389. The predicted octanol–water partition coefficient (Wildman–Crippen LogP) is 1.63. The lowest BCUT2D eigenvalue weighted by Crippen LogP contribution is -2.44. The summed E-state index contributed by atoms with van der Waals surface area (Å²) in [4.78, 5) is 46.1. The number of rotatable bonds is 6. The zero-order chi connectivity index (χ0) is 26.9. The minimum absolute atomic E-state index is 0.0746. The first kappa shape index (κ1) is 26.0. The molecule has 37 heavy (non-hydrogen) atoms. The van der Waals surface area contributed by atoms with Crippen LogP contribution in [0.1, 0.15) is 30.1 Å². The van der Waals surface area contributed by atoms with Crippen LogP contribution in [-0.4, -0.2) is 50.0 Å². The fourth-order valence-electron chi connectivity index (χ4n) is 4.34. The number of carbonyl (C=O) groups is 1. The fraction of sp³-hybridized carbons (Fsp3) is 0.417. The van der Waals surface area contributed by atoms with Crippen LogP contribution < -0.4 is 26.6 Å². The van der Waals surface area contributed by atoms with Gasteiger partial charge in [-0.15, -0.1) is 19.1 Å². The molecule has 1 aliphatic rings. The number of carbonyl (C=O) groups excluding carboxylic acids is 1. The van der Waals surface area contributed by atoms with Gasteiger partial charge in [0.1, 0.15) is 5.75 Å². The summed E-state index contributed by atoms with van der Waals surface area (Å²) in [5.41, 5.74) is 4.65. The molecular weight excluding hydrogens is 493 g/mol. The van der Waals surface area contributed by atoms with Crippen molar-refractivity contribution >= 4 is 22.9 Å². The molecule has 196 valence electrons. The van der Waals surface area contributed by atoms with E-state index >= 15 is 0 Å². The molecule has 0 saturated carbocycles. The Bertz CT molecular complexity index is 1530. The first-order chi connectivity index (χ1) is 17.5. The lowest BCUT2D eigenvalue weighted by molar-refractivity contribution is -0.274. The van der Waals surface area contributed by atoms with Gasteiger partial charge in [0.25, 0.3) is 5.56 Å². The maximum atomic E-state index is 13.5. The second-order valence-electron chi connectivity index (χ2n) is 8.68. The second kappa shape index (κ2) is 10.1. The van der Waals surface area contributed by atoms with Crippen LogP contribution in [0.4, 0.5) is 19.1 Å². The molecule has 0 amide bonds. The number of hydrogen-bond donors (Lipinski definition) is 1. The third-order valence-corrected chi connectivity index (χ3v) is 6.06. The lowest BCUT2D eigenvalue weighted by Gasteiger charge is -2.31. The molecule has 1 unspecified atom stereocenters. The van der Waals surface area contributed by atoms with Crippen molar-refractivity contribution in [2.45, 2.75) is 45.3 Å². The second-order valence-corrected chi connectivity index (χ2v) is 8.68. The summed E-state index contributed by atoms with van der Waals surface area (Å²) in [5, 5.41) is 0. The first-order valence-electron chi connectivity index (χ1n) is 11.5. The van der Waals surface area contributed by atoms with E-state index < -0.39 is 35.7 Å². The molecule has 3 aromatic rings. The summed E-state index contributed by atoms with van der Waals surface area (Å²) in [7, 11) is 1.43. The van der Waals surface area contributed by atoms with Gasteiger partial charge in [-0.25, -0.2) is 4.79 Å². The van der Waals surface area contributed by atoms with Crippen LogP contribution in [0.25, 0.3) is 11.2 Å². The number of halogens is 3. The third-order valence-electron chi connectivity index (χ3n) is 6.06. The summed E-state index contributed by atoms with van der Waals surface area (Å²) >= 11 is 0. The van der Waals surface area contributed by atoms with Gasteiger partial charge in [-0.05, 0) is 31.9 Å². The molecule has 1 saturated heterocycles. The van der Waals surface area contributed by atoms with E-state index in [1.807, 2.05) is 4.90 Å². The zero-order valence-electron chi connectivity index (χ0n) is 20.2. The molecule has 10 nitrogen and oxygen atoms in total. The minimum atomic E-state index is -4.94. The van der Waals surface area contributed by atoms with Crippen LogP contribution >= 0.6 is 0 Å². The van der Waals surface area contributed by atoms with E-state index in [-0.39, 0.29) is 29.3 Å². The number of anilines is 1. The number of nitrogens with zero attached hydrogens (tertiary/aromatic N) is 5. The minimum Gasteiger partial charge on any atom is -0.406 e. The maximum absolute atomic E-state index is 13.5. The van der Waals surface area contributed by atoms with Gasteiger partial charge in [-0.3, -0.25) is 23.3 Å². The predicted molar refractivity (Wildman–Crippen MR) is 130 cm³/mol. The van der Waals surface area contributed by atoms with Crippen molar-refractivity contribution in [3.05, 3.63) is 50.7 Å². The zero-order valence-corrected chi connectivity index (χ0v) is 20.2. The number of imidazole rings is 1. The molecule has 1 atom stereocenters. The molecular formula is C24H25F3N6O4. The molecule has 1 fully saturated rings. The molecule has 1 aromatic carbocycles. The van der Waals surface area contributed by atoms with Crippen LogP contribution in [0.15, 0.2) is 33.9 Å². The van der Waals surface area contributed by atoms with Crippen molar-refractivity contribution in [3.63, 3.8) is 0 Å². The standard InChI is InChI=1S/C24H25F3N6O4/c1-3-4-11-32-19-20(29-22(32)31-10-6-8-16(28)13-31)30(2)23(36)33(21(19)35)14-18(34)15-7-5-9-17(12-15)37-24(25,26)27/h5,7,9,12,16H,6,8,10-11,13-14,28H2,1-2H3. The first-order valence-corrected chi connectivity index (χ1v) is 11.5. The van der Waals surface area contributed by atoms with Crippen LogP contribution in [0, 0.1) is 11.8 Å². The van der Waals surface area contributed by atoms with Crippen molar-refractivity contribution in [1.29, 1.82) is 0 Å². The SMILES string of the molecule is CC#CCn1c(N2CCCC(N)C2)nc2c1c(=O)n(CC(=O)c1cccc(OC(F)(F)F)c1)c(=O)n2C. The highest BCUT2D eigenvalue weighted by Gasteiger charge is 2.31. The van der Waals surface area contributed by atoms with Gasteiger partial charge in [0.2, 0.25) is 5.95 Å². The summed E-state index contributed by atoms with van der Waals surface area (Å²) in [6, 6.07) is 4.37. The number of alkyl halides is 3. The topological polar surface area (TPSA) is 117 Å². The average Bonchev–Trinajstić information content (AvgIpc) is 3.22. The van der Waals surface area contributed by atoms with Gasteiger partial charge in [-0.2, -0.15) is 4.98 Å². The molecule has 0 spiro atoms. The number of Topliss-reactive ketones (excluding diaryl/α,β-unsaturated/α-hetero) is 1. The molecule has 0 radical (unpaired) electrons. The number of benzene rings is 1. The van der Waals surface area contributed by atoms with Gasteiger partial charge < -0.3 is 15.4 Å². The third kappa shape index (κ3) is 5.39. The molecule has 13 heteroatoms. The van der Waals surface area contributed by atoms with Gasteiger partial charge in [-0.1, -0.05) is 18.1 Å². The number of aromatic nitrogens is 4. The largest absolute Gasteiger partial charge is 0.573 e. The summed E-state index contributed by atoms with van der Waals surface area (Å²) in [6.45, 7) is 2.25. The molecule has 1 aliphatic heterocycles. The van der Waals surface area contributed by atoms with E-state index in [1.165, 1.54) is 19.2 Å². The van der Waals surface area contributed by atoms with Crippen molar-refractivity contribution < 1.29 is 22.7 Å². The number of aryl methyl sites for hydroxylation is 1. The Hall–Kier alpha value is -4.05. The number of piperidine rings is 1. The number of ether oxygens (including phenoxy) is 1. The van der Waals surface area contributed by atoms with Crippen LogP contribution in [0.3, 0.4) is 0 Å². The maximum Gasteiger partial charge on any atom is 0.573 e. The van der Waals surface area contributed by atoms with E-state index in [0.717, 1.165) is 34.1 Å². The van der Waals surface area contributed by atoms with Gasteiger partial charge >= 0.3 is 12.1 Å². The smallest absolute Gasteiger partial charge is 0.406 e. The number of nitrogens with two attached hydrogens (primary N) is 1. The van der Waals surface area contributed by atoms with E-state index in [0.29, 0.717) is 19.0 Å². The van der Waals surface area contributed by atoms with Crippen molar-refractivity contribution in [3.8, 4) is 17.6 Å². The lowest BCUT2D eigenvalue weighted by atomic mass is 10.1. The summed E-state index contributed by atoms with van der Waals surface area (Å²) < 4.78 is 45.1. The Morgan fingerprint density at radius 3 is 2.70 bits per heavy atom. The normalized spacial score (nSPS) is 15.9. The highest BCUT2D eigenvalue weighted by Crippen LogP contribution is 2.24. The molecule has 2 N–H and O–H groups in total. The van der Waals surface area contributed by atoms with Crippen molar-refractivity contribution in [1.82, 2.24) is 18.7 Å². The summed E-state index contributed by atoms with van der Waals surface area (Å²) in [6.07, 6.45) is -3.25. The molecule has 2 aromatic heterocycles. The van der Waals surface area contributed by atoms with Crippen molar-refractivity contribution in [2.24, 2.45) is 12.8 Å². The average molecular weight is 518 g/mol. The highest BCUT2D eigenvalue weighted by atomic mass is 19.4. The monoisotopic (exact) mass is 518 g/mol. The van der Waals surface area contributed by atoms with Gasteiger partial charge in [0, 0.05) is 31.7 Å². The van der Waals surface area contributed by atoms with Crippen LogP contribution in [0.5, 0.6) is 5.75 Å². The van der Waals surface area contributed by atoms with E-state index in [1.54, 1.807) is 11.5 Å². The Balaban J connectivity index is 1.79. The Kier molecular flexibility index (Phi) is 7.13. The number of hydrogen-bond acceptors (Lipinski definition) is 7. The molecule has 0 aliphatic carbocycles. The molecule has 3 heterocycles. The molecule has 4 rings (SSSR count). The van der Waals surface area contributed by atoms with E-state index in [4.69, 9.17) is 5.73 Å². The van der Waals surface area contributed by atoms with Crippen molar-refractivity contribution in [2.75, 3.05) is 18.0 Å². The fourth-order valence-corrected chi connectivity index (χ4v) is 4.34. The Morgan fingerprint density at radius 1 is 1.27 bits per heavy atom. The van der Waals surface area contributed by atoms with Gasteiger partial charge in [0.05, 0.1) is 13.1 Å². The van der Waals surface area contributed by atoms with E-state index in [2.05, 4.69) is 21.6 Å².